The van der Waals surface area contributed by atoms with Gasteiger partial charge in [0.2, 0.25) is 0 Å². The third-order valence-corrected chi connectivity index (χ3v) is 5.27. The zero-order valence-electron chi connectivity index (χ0n) is 15.3. The SMILES string of the molecule is COc1ccc2c(c1)CCN2C(=O)NC(c1ccc(F)cc1)C1CCCO1. The zero-order chi connectivity index (χ0) is 18.8. The summed E-state index contributed by atoms with van der Waals surface area (Å²) in [5, 5.41) is 3.11. The van der Waals surface area contributed by atoms with E-state index in [0.29, 0.717) is 13.2 Å². The lowest BCUT2D eigenvalue weighted by Crippen LogP contribution is -2.44. The van der Waals surface area contributed by atoms with Crippen LogP contribution in [0.3, 0.4) is 0 Å². The number of carbonyl (C=O) groups is 1. The molecule has 2 aromatic rings. The van der Waals surface area contributed by atoms with Crippen molar-refractivity contribution in [2.75, 3.05) is 25.2 Å². The van der Waals surface area contributed by atoms with Gasteiger partial charge in [0.25, 0.3) is 0 Å². The highest BCUT2D eigenvalue weighted by Crippen LogP contribution is 2.33. The van der Waals surface area contributed by atoms with Crippen molar-refractivity contribution < 1.29 is 18.7 Å². The topological polar surface area (TPSA) is 50.8 Å². The molecule has 1 fully saturated rings. The number of fused-ring (bicyclic) bond motifs is 1. The van der Waals surface area contributed by atoms with Gasteiger partial charge in [-0.05, 0) is 60.7 Å². The molecule has 27 heavy (non-hydrogen) atoms. The van der Waals surface area contributed by atoms with Crippen LogP contribution < -0.4 is 15.0 Å². The number of anilines is 1. The lowest BCUT2D eigenvalue weighted by atomic mass is 9.99. The summed E-state index contributed by atoms with van der Waals surface area (Å²) >= 11 is 0. The summed E-state index contributed by atoms with van der Waals surface area (Å²) in [5.41, 5.74) is 2.85. The summed E-state index contributed by atoms with van der Waals surface area (Å²) in [6, 6.07) is 11.5. The summed E-state index contributed by atoms with van der Waals surface area (Å²) in [7, 11) is 1.63. The predicted octanol–water partition coefficient (Wildman–Crippen LogP) is 3.83. The van der Waals surface area contributed by atoms with Crippen molar-refractivity contribution in [2.45, 2.75) is 31.4 Å². The molecule has 0 bridgehead atoms. The van der Waals surface area contributed by atoms with Crippen molar-refractivity contribution in [3.63, 3.8) is 0 Å². The summed E-state index contributed by atoms with van der Waals surface area (Å²) in [6.45, 7) is 1.31. The molecule has 1 N–H and O–H groups in total. The lowest BCUT2D eigenvalue weighted by Gasteiger charge is -2.28. The fourth-order valence-electron chi connectivity index (χ4n) is 3.85. The van der Waals surface area contributed by atoms with E-state index in [2.05, 4.69) is 5.32 Å². The van der Waals surface area contributed by atoms with Gasteiger partial charge in [0.1, 0.15) is 11.6 Å². The molecule has 2 aromatic carbocycles. The van der Waals surface area contributed by atoms with Crippen LogP contribution in [-0.4, -0.2) is 32.4 Å². The van der Waals surface area contributed by atoms with E-state index in [1.807, 2.05) is 18.2 Å². The molecule has 2 aliphatic heterocycles. The van der Waals surface area contributed by atoms with E-state index in [4.69, 9.17) is 9.47 Å². The molecule has 142 valence electrons. The summed E-state index contributed by atoms with van der Waals surface area (Å²) < 4.78 is 24.4. The fourth-order valence-corrected chi connectivity index (χ4v) is 3.85. The number of rotatable bonds is 4. The fraction of sp³-hybridized carbons (Fsp3) is 0.381. The number of urea groups is 1. The van der Waals surface area contributed by atoms with Crippen molar-refractivity contribution >= 4 is 11.7 Å². The molecule has 1 saturated heterocycles. The second-order valence-corrected chi connectivity index (χ2v) is 6.93. The molecule has 0 aromatic heterocycles. The number of nitrogens with one attached hydrogen (secondary N) is 1. The highest BCUT2D eigenvalue weighted by Gasteiger charge is 2.32. The van der Waals surface area contributed by atoms with Crippen LogP contribution in [0.4, 0.5) is 14.9 Å². The third-order valence-electron chi connectivity index (χ3n) is 5.27. The minimum Gasteiger partial charge on any atom is -0.497 e. The van der Waals surface area contributed by atoms with Gasteiger partial charge in [-0.3, -0.25) is 4.90 Å². The first-order valence-electron chi connectivity index (χ1n) is 9.28. The normalized spacial score (nSPS) is 19.6. The smallest absolute Gasteiger partial charge is 0.322 e. The van der Waals surface area contributed by atoms with E-state index < -0.39 is 0 Å². The van der Waals surface area contributed by atoms with Crippen LogP contribution in [0.1, 0.15) is 30.0 Å². The van der Waals surface area contributed by atoms with Crippen LogP contribution in [-0.2, 0) is 11.2 Å². The molecule has 0 spiro atoms. The Kier molecular flexibility index (Phi) is 4.99. The van der Waals surface area contributed by atoms with Crippen molar-refractivity contribution in [1.29, 1.82) is 0 Å². The van der Waals surface area contributed by atoms with Gasteiger partial charge in [-0.15, -0.1) is 0 Å². The minimum atomic E-state index is -0.303. The molecular weight excluding hydrogens is 347 g/mol. The van der Waals surface area contributed by atoms with Gasteiger partial charge in [0.15, 0.2) is 0 Å². The number of halogens is 1. The van der Waals surface area contributed by atoms with Crippen LogP contribution >= 0.6 is 0 Å². The lowest BCUT2D eigenvalue weighted by molar-refractivity contribution is 0.0811. The van der Waals surface area contributed by atoms with Crippen LogP contribution in [0.15, 0.2) is 42.5 Å². The number of carbonyl (C=O) groups excluding carboxylic acids is 1. The van der Waals surface area contributed by atoms with Crippen LogP contribution in [0.5, 0.6) is 5.75 Å². The summed E-state index contributed by atoms with van der Waals surface area (Å²) in [5.74, 6) is 0.498. The Morgan fingerprint density at radius 1 is 1.30 bits per heavy atom. The standard InChI is InChI=1S/C21H23FN2O3/c1-26-17-8-9-18-15(13-17)10-11-24(18)21(25)23-20(19-3-2-12-27-19)14-4-6-16(22)7-5-14/h4-9,13,19-20H,2-3,10-12H2,1H3,(H,23,25). The highest BCUT2D eigenvalue weighted by atomic mass is 19.1. The molecule has 0 radical (unpaired) electrons. The average molecular weight is 370 g/mol. The Bertz CT molecular complexity index is 819. The second kappa shape index (κ2) is 7.56. The van der Waals surface area contributed by atoms with E-state index in [0.717, 1.165) is 41.8 Å². The maximum absolute atomic E-state index is 13.3. The van der Waals surface area contributed by atoms with Gasteiger partial charge in [0, 0.05) is 18.8 Å². The van der Waals surface area contributed by atoms with E-state index in [-0.39, 0.29) is 24.0 Å². The van der Waals surface area contributed by atoms with Crippen LogP contribution in [0.2, 0.25) is 0 Å². The van der Waals surface area contributed by atoms with Gasteiger partial charge < -0.3 is 14.8 Å². The Morgan fingerprint density at radius 2 is 2.11 bits per heavy atom. The third kappa shape index (κ3) is 3.62. The number of amides is 2. The highest BCUT2D eigenvalue weighted by molar-refractivity contribution is 5.94. The van der Waals surface area contributed by atoms with Gasteiger partial charge in [-0.25, -0.2) is 9.18 Å². The minimum absolute atomic E-state index is 0.0997. The molecule has 2 amide bonds. The number of ether oxygens (including phenoxy) is 2. The van der Waals surface area contributed by atoms with E-state index in [9.17, 15) is 9.18 Å². The largest absolute Gasteiger partial charge is 0.497 e. The molecule has 5 nitrogen and oxygen atoms in total. The number of methoxy groups -OCH3 is 1. The first-order valence-corrected chi connectivity index (χ1v) is 9.28. The number of hydrogen-bond acceptors (Lipinski definition) is 3. The van der Waals surface area contributed by atoms with Gasteiger partial charge in [-0.1, -0.05) is 12.1 Å². The summed E-state index contributed by atoms with van der Waals surface area (Å²) in [6.07, 6.45) is 2.53. The first-order chi connectivity index (χ1) is 13.2. The van der Waals surface area contributed by atoms with E-state index >= 15 is 0 Å². The molecule has 0 aliphatic carbocycles. The van der Waals surface area contributed by atoms with Crippen LogP contribution in [0.25, 0.3) is 0 Å². The average Bonchev–Trinajstić information content (AvgIpc) is 3.36. The predicted molar refractivity (Wildman–Crippen MR) is 101 cm³/mol. The monoisotopic (exact) mass is 370 g/mol. The molecular formula is C21H23FN2O3. The van der Waals surface area contributed by atoms with E-state index in [1.54, 1.807) is 24.1 Å². The number of nitrogens with zero attached hydrogens (tertiary/aromatic N) is 1. The number of hydrogen-bond donors (Lipinski definition) is 1. The number of benzene rings is 2. The molecule has 2 heterocycles. The Hall–Kier alpha value is -2.60. The van der Waals surface area contributed by atoms with Crippen molar-refractivity contribution in [1.82, 2.24) is 5.32 Å². The van der Waals surface area contributed by atoms with Gasteiger partial charge in [-0.2, -0.15) is 0 Å². The van der Waals surface area contributed by atoms with Gasteiger partial charge in [0.05, 0.1) is 19.3 Å². The second-order valence-electron chi connectivity index (χ2n) is 6.93. The van der Waals surface area contributed by atoms with E-state index in [1.165, 1.54) is 12.1 Å². The maximum Gasteiger partial charge on any atom is 0.322 e. The molecule has 2 unspecified atom stereocenters. The molecule has 2 aliphatic rings. The molecule has 0 saturated carbocycles. The van der Waals surface area contributed by atoms with Crippen molar-refractivity contribution in [2.24, 2.45) is 0 Å². The molecule has 6 heteroatoms. The van der Waals surface area contributed by atoms with Crippen molar-refractivity contribution in [3.05, 3.63) is 59.4 Å². The Labute approximate surface area is 158 Å². The maximum atomic E-state index is 13.3. The van der Waals surface area contributed by atoms with Crippen LogP contribution in [0, 0.1) is 5.82 Å². The zero-order valence-corrected chi connectivity index (χ0v) is 15.3. The van der Waals surface area contributed by atoms with Crippen molar-refractivity contribution in [3.8, 4) is 5.75 Å². The first kappa shape index (κ1) is 17.8. The Morgan fingerprint density at radius 3 is 2.81 bits per heavy atom. The van der Waals surface area contributed by atoms with Gasteiger partial charge >= 0.3 is 6.03 Å². The Balaban J connectivity index is 1.55. The molecule has 4 rings (SSSR count). The summed E-state index contributed by atoms with van der Waals surface area (Å²) in [4.78, 5) is 14.8. The quantitative estimate of drug-likeness (QED) is 0.890. The molecule has 2 atom stereocenters.